The van der Waals surface area contributed by atoms with Crippen molar-refractivity contribution in [2.24, 2.45) is 0 Å². The molecule has 0 spiro atoms. The Hall–Kier alpha value is -4.15. The van der Waals surface area contributed by atoms with E-state index in [1.165, 1.54) is 35.2 Å². The van der Waals surface area contributed by atoms with E-state index >= 15 is 0 Å². The number of carbonyl (C=O) groups is 3. The van der Waals surface area contributed by atoms with Crippen LogP contribution in [0.2, 0.25) is 0 Å². The van der Waals surface area contributed by atoms with Crippen LogP contribution in [0.1, 0.15) is 20.7 Å². The van der Waals surface area contributed by atoms with E-state index in [9.17, 15) is 19.5 Å². The summed E-state index contributed by atoms with van der Waals surface area (Å²) in [6.45, 7) is 0. The number of hydrogen-bond donors (Lipinski definition) is 3. The van der Waals surface area contributed by atoms with Gasteiger partial charge in [0.15, 0.2) is 5.13 Å². The number of anilines is 2. The number of carboxylic acids is 1. The number of ether oxygens (including phenoxy) is 1. The molecular formula is C26H21N3O5S2. The highest BCUT2D eigenvalue weighted by Crippen LogP contribution is 2.28. The first-order chi connectivity index (χ1) is 17.4. The second-order valence-corrected chi connectivity index (χ2v) is 9.34. The van der Waals surface area contributed by atoms with E-state index in [1.54, 1.807) is 43.5 Å². The first-order valence-electron chi connectivity index (χ1n) is 10.7. The van der Waals surface area contributed by atoms with Gasteiger partial charge in [0.25, 0.3) is 5.91 Å². The lowest BCUT2D eigenvalue weighted by molar-refractivity contribution is -0.113. The fourth-order valence-corrected chi connectivity index (χ4v) is 4.69. The molecule has 0 radical (unpaired) electrons. The fourth-order valence-electron chi connectivity index (χ4n) is 3.25. The molecule has 0 unspecified atom stereocenters. The Balaban J connectivity index is 1.30. The molecule has 2 amide bonds. The Morgan fingerprint density at radius 2 is 1.72 bits per heavy atom. The van der Waals surface area contributed by atoms with Gasteiger partial charge in [-0.1, -0.05) is 24.3 Å². The largest absolute Gasteiger partial charge is 0.497 e. The molecule has 8 nitrogen and oxygen atoms in total. The average molecular weight is 520 g/mol. The zero-order valence-electron chi connectivity index (χ0n) is 19.1. The van der Waals surface area contributed by atoms with Crippen molar-refractivity contribution in [1.82, 2.24) is 4.98 Å². The van der Waals surface area contributed by atoms with E-state index in [1.807, 2.05) is 29.6 Å². The van der Waals surface area contributed by atoms with E-state index in [0.29, 0.717) is 10.8 Å². The number of carbonyl (C=O) groups excluding carboxylic acids is 2. The maximum Gasteiger partial charge on any atom is 0.336 e. The van der Waals surface area contributed by atoms with Gasteiger partial charge >= 0.3 is 5.97 Å². The summed E-state index contributed by atoms with van der Waals surface area (Å²) < 4.78 is 5.24. The third-order valence-corrected chi connectivity index (χ3v) is 6.77. The zero-order chi connectivity index (χ0) is 25.5. The number of amides is 2. The molecular weight excluding hydrogens is 498 g/mol. The number of carboxylic acid groups (broad SMARTS) is 1. The van der Waals surface area contributed by atoms with Gasteiger partial charge in [0.1, 0.15) is 5.75 Å². The van der Waals surface area contributed by atoms with Gasteiger partial charge < -0.3 is 20.5 Å². The average Bonchev–Trinajstić information content (AvgIpc) is 3.36. The number of benzene rings is 3. The standard InChI is InChI=1S/C26H21N3O5S2/c1-34-18-6-4-5-16(13-18)22-14-36-26(28-22)29-23(30)15-35-19-11-9-17(10-12-19)27-24(31)20-7-2-3-8-21(20)25(32)33/h2-14H,15H2,1H3,(H,27,31)(H,32,33)(H,28,29,30). The maximum atomic E-state index is 12.5. The Kier molecular flexibility index (Phi) is 7.99. The highest BCUT2D eigenvalue weighted by atomic mass is 32.2. The highest BCUT2D eigenvalue weighted by Gasteiger charge is 2.16. The van der Waals surface area contributed by atoms with Crippen LogP contribution < -0.4 is 15.4 Å². The number of aromatic nitrogens is 1. The number of thioether (sulfide) groups is 1. The Bertz CT molecular complexity index is 1400. The number of hydrogen-bond acceptors (Lipinski definition) is 7. The first kappa shape index (κ1) is 25.0. The number of rotatable bonds is 9. The molecule has 0 saturated heterocycles. The topological polar surface area (TPSA) is 118 Å². The molecule has 0 saturated carbocycles. The van der Waals surface area contributed by atoms with Crippen LogP contribution in [-0.4, -0.2) is 40.7 Å². The predicted molar refractivity (Wildman–Crippen MR) is 141 cm³/mol. The van der Waals surface area contributed by atoms with Crippen molar-refractivity contribution in [2.45, 2.75) is 4.90 Å². The first-order valence-corrected chi connectivity index (χ1v) is 12.6. The number of nitrogens with zero attached hydrogens (tertiary/aromatic N) is 1. The van der Waals surface area contributed by atoms with E-state index in [0.717, 1.165) is 21.9 Å². The van der Waals surface area contributed by atoms with E-state index in [2.05, 4.69) is 15.6 Å². The minimum atomic E-state index is -1.17. The molecule has 36 heavy (non-hydrogen) atoms. The quantitative estimate of drug-likeness (QED) is 0.250. The van der Waals surface area contributed by atoms with Crippen molar-refractivity contribution >= 4 is 51.7 Å². The SMILES string of the molecule is COc1cccc(-c2csc(NC(=O)CSc3ccc(NC(=O)c4ccccc4C(=O)O)cc3)n2)c1. The second-order valence-electron chi connectivity index (χ2n) is 7.44. The van der Waals surface area contributed by atoms with Crippen LogP contribution >= 0.6 is 23.1 Å². The third kappa shape index (κ3) is 6.29. The van der Waals surface area contributed by atoms with Crippen LogP contribution in [0, 0.1) is 0 Å². The van der Waals surface area contributed by atoms with Crippen LogP contribution in [0.3, 0.4) is 0 Å². The van der Waals surface area contributed by atoms with Crippen molar-refractivity contribution in [1.29, 1.82) is 0 Å². The van der Waals surface area contributed by atoms with E-state index in [4.69, 9.17) is 4.74 Å². The molecule has 182 valence electrons. The van der Waals surface area contributed by atoms with Crippen molar-refractivity contribution < 1.29 is 24.2 Å². The lowest BCUT2D eigenvalue weighted by atomic mass is 10.1. The smallest absolute Gasteiger partial charge is 0.336 e. The van der Waals surface area contributed by atoms with Crippen LogP contribution in [0.4, 0.5) is 10.8 Å². The molecule has 0 aliphatic carbocycles. The molecule has 10 heteroatoms. The molecule has 3 N–H and O–H groups in total. The van der Waals surface area contributed by atoms with Gasteiger partial charge in [-0.2, -0.15) is 0 Å². The van der Waals surface area contributed by atoms with E-state index < -0.39 is 11.9 Å². The van der Waals surface area contributed by atoms with Crippen LogP contribution in [-0.2, 0) is 4.79 Å². The predicted octanol–water partition coefficient (Wildman–Crippen LogP) is 5.50. The Morgan fingerprint density at radius 1 is 0.972 bits per heavy atom. The molecule has 0 aliphatic heterocycles. The highest BCUT2D eigenvalue weighted by molar-refractivity contribution is 8.00. The molecule has 0 atom stereocenters. The summed E-state index contributed by atoms with van der Waals surface area (Å²) in [5.74, 6) is -0.942. The number of aromatic carboxylic acids is 1. The van der Waals surface area contributed by atoms with Crippen molar-refractivity contribution in [3.8, 4) is 17.0 Å². The lowest BCUT2D eigenvalue weighted by Crippen LogP contribution is -2.16. The molecule has 0 fully saturated rings. The third-order valence-electron chi connectivity index (χ3n) is 5.00. The molecule has 1 aromatic heterocycles. The van der Waals surface area contributed by atoms with Gasteiger partial charge in [0.2, 0.25) is 5.91 Å². The van der Waals surface area contributed by atoms with Crippen LogP contribution in [0.15, 0.2) is 83.1 Å². The summed E-state index contributed by atoms with van der Waals surface area (Å²) in [4.78, 5) is 41.5. The van der Waals surface area contributed by atoms with Gasteiger partial charge in [-0.15, -0.1) is 23.1 Å². The van der Waals surface area contributed by atoms with Crippen molar-refractivity contribution in [2.75, 3.05) is 23.5 Å². The Morgan fingerprint density at radius 3 is 2.44 bits per heavy atom. The van der Waals surface area contributed by atoms with E-state index in [-0.39, 0.29) is 22.8 Å². The minimum absolute atomic E-state index is 0.0657. The number of methoxy groups -OCH3 is 1. The Labute approximate surface area is 215 Å². The summed E-state index contributed by atoms with van der Waals surface area (Å²) in [5.41, 5.74) is 2.19. The van der Waals surface area contributed by atoms with Gasteiger partial charge in [0.05, 0.1) is 29.7 Å². The lowest BCUT2D eigenvalue weighted by Gasteiger charge is -2.08. The summed E-state index contributed by atoms with van der Waals surface area (Å²) in [6, 6.07) is 20.5. The van der Waals surface area contributed by atoms with Crippen molar-refractivity contribution in [3.63, 3.8) is 0 Å². The van der Waals surface area contributed by atoms with Gasteiger partial charge in [0, 0.05) is 21.5 Å². The number of nitrogens with one attached hydrogen (secondary N) is 2. The molecule has 3 aromatic carbocycles. The summed E-state index contributed by atoms with van der Waals surface area (Å²) in [7, 11) is 1.61. The van der Waals surface area contributed by atoms with Crippen LogP contribution in [0.5, 0.6) is 5.75 Å². The summed E-state index contributed by atoms with van der Waals surface area (Å²) in [5, 5.41) is 17.2. The van der Waals surface area contributed by atoms with Crippen molar-refractivity contribution in [3.05, 3.63) is 89.3 Å². The molecule has 1 heterocycles. The second kappa shape index (κ2) is 11.5. The zero-order valence-corrected chi connectivity index (χ0v) is 20.7. The molecule has 0 bridgehead atoms. The fraction of sp³-hybridized carbons (Fsp3) is 0.0769. The summed E-state index contributed by atoms with van der Waals surface area (Å²) >= 11 is 2.69. The maximum absolute atomic E-state index is 12.5. The minimum Gasteiger partial charge on any atom is -0.497 e. The summed E-state index contributed by atoms with van der Waals surface area (Å²) in [6.07, 6.45) is 0. The molecule has 0 aliphatic rings. The van der Waals surface area contributed by atoms with Crippen LogP contribution in [0.25, 0.3) is 11.3 Å². The molecule has 4 aromatic rings. The molecule has 4 rings (SSSR count). The monoisotopic (exact) mass is 519 g/mol. The normalized spacial score (nSPS) is 10.5. The van der Waals surface area contributed by atoms with Gasteiger partial charge in [-0.25, -0.2) is 9.78 Å². The number of thiazole rings is 1. The van der Waals surface area contributed by atoms with Gasteiger partial charge in [-0.3, -0.25) is 9.59 Å². The van der Waals surface area contributed by atoms with Gasteiger partial charge in [-0.05, 0) is 48.5 Å².